The van der Waals surface area contributed by atoms with Gasteiger partial charge in [0.2, 0.25) is 15.9 Å². The summed E-state index contributed by atoms with van der Waals surface area (Å²) in [4.78, 5) is 12.6. The van der Waals surface area contributed by atoms with Crippen LogP contribution in [0.3, 0.4) is 0 Å². The number of hydrogen-bond donors (Lipinski definition) is 1. The van der Waals surface area contributed by atoms with E-state index in [0.717, 1.165) is 11.5 Å². The van der Waals surface area contributed by atoms with Gasteiger partial charge >= 0.3 is 0 Å². The van der Waals surface area contributed by atoms with E-state index < -0.39 is 10.0 Å². The molecule has 0 saturated carbocycles. The Morgan fingerprint density at radius 3 is 2.53 bits per heavy atom. The minimum Gasteiger partial charge on any atom is -0.355 e. The molecule has 1 aliphatic heterocycles. The number of amides is 1. The molecule has 5 nitrogen and oxygen atoms in total. The molecule has 1 atom stereocenters. The Kier molecular flexibility index (Phi) is 9.32. The highest BCUT2D eigenvalue weighted by Gasteiger charge is 2.33. The number of rotatable bonds is 9. The van der Waals surface area contributed by atoms with Crippen LogP contribution in [-0.2, 0) is 26.3 Å². The molecule has 0 spiro atoms. The van der Waals surface area contributed by atoms with Crippen LogP contribution in [0.1, 0.15) is 29.5 Å². The molecule has 3 rings (SSSR count). The Morgan fingerprint density at radius 1 is 1.16 bits per heavy atom. The van der Waals surface area contributed by atoms with Gasteiger partial charge in [-0.2, -0.15) is 11.8 Å². The summed E-state index contributed by atoms with van der Waals surface area (Å²) in [5, 5.41) is 3.62. The number of piperidine rings is 1. The normalized spacial score (nSPS) is 17.3. The van der Waals surface area contributed by atoms with Gasteiger partial charge in [0.25, 0.3) is 0 Å². The van der Waals surface area contributed by atoms with Gasteiger partial charge in [-0.3, -0.25) is 4.79 Å². The summed E-state index contributed by atoms with van der Waals surface area (Å²) in [7, 11) is -3.63. The monoisotopic (exact) mass is 514 g/mol. The second kappa shape index (κ2) is 11.7. The molecule has 2 aromatic carbocycles. The van der Waals surface area contributed by atoms with Gasteiger partial charge in [0.05, 0.1) is 11.7 Å². The van der Waals surface area contributed by atoms with Crippen molar-refractivity contribution in [2.75, 3.05) is 25.4 Å². The lowest BCUT2D eigenvalue weighted by atomic mass is 9.99. The van der Waals surface area contributed by atoms with Crippen LogP contribution < -0.4 is 5.32 Å². The number of nitrogens with zero attached hydrogens (tertiary/aromatic N) is 1. The van der Waals surface area contributed by atoms with E-state index in [-0.39, 0.29) is 24.1 Å². The van der Waals surface area contributed by atoms with Crippen molar-refractivity contribution < 1.29 is 13.2 Å². The first kappa shape index (κ1) is 25.4. The van der Waals surface area contributed by atoms with E-state index in [1.807, 2.05) is 0 Å². The molecule has 0 aliphatic carbocycles. The van der Waals surface area contributed by atoms with Crippen molar-refractivity contribution in [2.24, 2.45) is 5.92 Å². The number of halogens is 2. The molecule has 1 saturated heterocycles. The van der Waals surface area contributed by atoms with Gasteiger partial charge in [-0.05, 0) is 37.5 Å². The average Bonchev–Trinajstić information content (AvgIpc) is 2.77. The molecule has 174 valence electrons. The lowest BCUT2D eigenvalue weighted by molar-refractivity contribution is -0.125. The third-order valence-electron chi connectivity index (χ3n) is 5.47. The SMILES string of the molecule is Cc1ccc(CSCCNC(=O)[C@H]2CCCN(S(=O)(=O)Cc3c(Cl)cccc3Cl)C2)cc1. The second-order valence-electron chi connectivity index (χ2n) is 7.98. The first-order valence-corrected chi connectivity index (χ1v) is 14.1. The topological polar surface area (TPSA) is 66.5 Å². The summed E-state index contributed by atoms with van der Waals surface area (Å²) in [6.07, 6.45) is 1.33. The zero-order valence-corrected chi connectivity index (χ0v) is 21.2. The Labute approximate surface area is 204 Å². The summed E-state index contributed by atoms with van der Waals surface area (Å²) in [6, 6.07) is 13.4. The molecule has 1 amide bonds. The van der Waals surface area contributed by atoms with Crippen molar-refractivity contribution in [3.8, 4) is 0 Å². The van der Waals surface area contributed by atoms with Gasteiger partial charge in [0, 0.05) is 46.7 Å². The highest BCUT2D eigenvalue weighted by Crippen LogP contribution is 2.29. The maximum Gasteiger partial charge on any atom is 0.224 e. The zero-order chi connectivity index (χ0) is 23.1. The van der Waals surface area contributed by atoms with Crippen molar-refractivity contribution in [1.29, 1.82) is 0 Å². The zero-order valence-electron chi connectivity index (χ0n) is 18.0. The van der Waals surface area contributed by atoms with Crippen LogP contribution in [0.4, 0.5) is 0 Å². The van der Waals surface area contributed by atoms with E-state index in [4.69, 9.17) is 23.2 Å². The smallest absolute Gasteiger partial charge is 0.224 e. The van der Waals surface area contributed by atoms with Crippen LogP contribution in [0.2, 0.25) is 10.0 Å². The molecule has 1 aliphatic rings. The summed E-state index contributed by atoms with van der Waals surface area (Å²) in [6.45, 7) is 3.22. The highest BCUT2D eigenvalue weighted by atomic mass is 35.5. The molecular weight excluding hydrogens is 487 g/mol. The Bertz CT molecular complexity index is 1010. The van der Waals surface area contributed by atoms with Gasteiger partial charge in [0.15, 0.2) is 0 Å². The number of sulfonamides is 1. The van der Waals surface area contributed by atoms with Crippen molar-refractivity contribution in [2.45, 2.75) is 31.3 Å². The number of aryl methyl sites for hydroxylation is 1. The van der Waals surface area contributed by atoms with Crippen LogP contribution in [0.5, 0.6) is 0 Å². The first-order valence-electron chi connectivity index (χ1n) is 10.6. The van der Waals surface area contributed by atoms with E-state index in [1.54, 1.807) is 30.0 Å². The fourth-order valence-electron chi connectivity index (χ4n) is 3.62. The standard InChI is InChI=1S/C23H28Cl2N2O3S2/c1-17-7-9-18(10-8-17)15-31-13-11-26-23(28)19-4-3-12-27(14-19)32(29,30)16-20-21(24)5-2-6-22(20)25/h2,5-10,19H,3-4,11-16H2,1H3,(H,26,28)/t19-/m0/s1. The van der Waals surface area contributed by atoms with Gasteiger partial charge in [-0.15, -0.1) is 0 Å². The van der Waals surface area contributed by atoms with Crippen LogP contribution in [0.15, 0.2) is 42.5 Å². The first-order chi connectivity index (χ1) is 15.3. The number of nitrogens with one attached hydrogen (secondary N) is 1. The van der Waals surface area contributed by atoms with E-state index in [1.165, 1.54) is 15.4 Å². The largest absolute Gasteiger partial charge is 0.355 e. The predicted octanol–water partition coefficient (Wildman–Crippen LogP) is 4.89. The molecule has 0 aromatic heterocycles. The Balaban J connectivity index is 1.47. The van der Waals surface area contributed by atoms with Crippen LogP contribution in [-0.4, -0.2) is 44.0 Å². The second-order valence-corrected chi connectivity index (χ2v) is 11.9. The van der Waals surface area contributed by atoms with E-state index in [0.29, 0.717) is 41.5 Å². The molecule has 0 unspecified atom stereocenters. The minimum atomic E-state index is -3.63. The van der Waals surface area contributed by atoms with Gasteiger partial charge in [0.1, 0.15) is 0 Å². The number of hydrogen-bond acceptors (Lipinski definition) is 4. The quantitative estimate of drug-likeness (QED) is 0.483. The fraction of sp³-hybridized carbons (Fsp3) is 0.435. The third kappa shape index (κ3) is 7.12. The molecule has 32 heavy (non-hydrogen) atoms. The molecule has 9 heteroatoms. The predicted molar refractivity (Wildman–Crippen MR) is 134 cm³/mol. The van der Waals surface area contributed by atoms with E-state index in [2.05, 4.69) is 36.5 Å². The van der Waals surface area contributed by atoms with Crippen LogP contribution in [0.25, 0.3) is 0 Å². The summed E-state index contributed by atoms with van der Waals surface area (Å²) < 4.78 is 27.3. The van der Waals surface area contributed by atoms with E-state index in [9.17, 15) is 13.2 Å². The number of carbonyl (C=O) groups excluding carboxylic acids is 1. The Morgan fingerprint density at radius 2 is 1.84 bits per heavy atom. The fourth-order valence-corrected chi connectivity index (χ4v) is 6.80. The molecule has 0 radical (unpaired) electrons. The average molecular weight is 516 g/mol. The van der Waals surface area contributed by atoms with Gasteiger partial charge in [-0.1, -0.05) is 59.1 Å². The van der Waals surface area contributed by atoms with Gasteiger partial charge < -0.3 is 5.32 Å². The van der Waals surface area contributed by atoms with Crippen LogP contribution >= 0.6 is 35.0 Å². The molecule has 1 heterocycles. The molecular formula is C23H28Cl2N2O3S2. The Hall–Kier alpha value is -1.25. The van der Waals surface area contributed by atoms with Gasteiger partial charge in [-0.25, -0.2) is 12.7 Å². The van der Waals surface area contributed by atoms with Crippen molar-refractivity contribution in [3.63, 3.8) is 0 Å². The molecule has 0 bridgehead atoms. The lowest BCUT2D eigenvalue weighted by Crippen LogP contribution is -2.46. The van der Waals surface area contributed by atoms with Crippen molar-refractivity contribution in [3.05, 3.63) is 69.2 Å². The molecule has 1 fully saturated rings. The minimum absolute atomic E-state index is 0.0865. The summed E-state index contributed by atoms with van der Waals surface area (Å²) in [5.41, 5.74) is 2.90. The number of thioether (sulfide) groups is 1. The third-order valence-corrected chi connectivity index (χ3v) is 8.98. The maximum atomic E-state index is 13.0. The van der Waals surface area contributed by atoms with Crippen LogP contribution in [0, 0.1) is 12.8 Å². The summed E-state index contributed by atoms with van der Waals surface area (Å²) in [5.74, 6) is 1.00. The number of benzene rings is 2. The summed E-state index contributed by atoms with van der Waals surface area (Å²) >= 11 is 14.1. The number of carbonyl (C=O) groups is 1. The molecule has 1 N–H and O–H groups in total. The maximum absolute atomic E-state index is 13.0. The molecule has 2 aromatic rings. The van der Waals surface area contributed by atoms with Crippen molar-refractivity contribution in [1.82, 2.24) is 9.62 Å². The lowest BCUT2D eigenvalue weighted by Gasteiger charge is -2.31. The van der Waals surface area contributed by atoms with E-state index >= 15 is 0 Å². The van der Waals surface area contributed by atoms with Crippen molar-refractivity contribution >= 4 is 50.9 Å². The highest BCUT2D eigenvalue weighted by molar-refractivity contribution is 7.98.